The Morgan fingerprint density at radius 2 is 1.91 bits per heavy atom. The molecule has 2 unspecified atom stereocenters. The predicted molar refractivity (Wildman–Crippen MR) is 130 cm³/mol. The summed E-state index contributed by atoms with van der Waals surface area (Å²) in [6.45, 7) is 3.89. The van der Waals surface area contributed by atoms with Gasteiger partial charge in [-0.2, -0.15) is 4.31 Å². The number of aliphatic hydroxyl groups excluding tert-OH is 1. The Labute approximate surface area is 199 Å². The van der Waals surface area contributed by atoms with Gasteiger partial charge in [-0.05, 0) is 36.1 Å². The summed E-state index contributed by atoms with van der Waals surface area (Å²) in [6, 6.07) is 13.3. The number of sulfonamides is 1. The molecule has 0 aliphatic carbocycles. The molecule has 184 valence electrons. The Bertz CT molecular complexity index is 1210. The summed E-state index contributed by atoms with van der Waals surface area (Å²) in [7, 11) is -2.72. The van der Waals surface area contributed by atoms with E-state index in [1.807, 2.05) is 44.2 Å². The van der Waals surface area contributed by atoms with E-state index in [-0.39, 0.29) is 29.9 Å². The van der Waals surface area contributed by atoms with Crippen LogP contribution in [0.15, 0.2) is 53.4 Å². The van der Waals surface area contributed by atoms with Crippen molar-refractivity contribution in [2.24, 2.45) is 11.7 Å². The molecule has 1 amide bonds. The van der Waals surface area contributed by atoms with Crippen LogP contribution in [0.2, 0.25) is 0 Å². The molecule has 0 aliphatic rings. The zero-order chi connectivity index (χ0) is 24.9. The van der Waals surface area contributed by atoms with E-state index in [9.17, 15) is 18.3 Å². The molecule has 0 saturated heterocycles. The number of nitrogens with zero attached hydrogens (tertiary/aromatic N) is 2. The summed E-state index contributed by atoms with van der Waals surface area (Å²) in [4.78, 5) is 18.5. The minimum Gasteiger partial charge on any atom is -0.453 e. The van der Waals surface area contributed by atoms with Crippen molar-refractivity contribution in [2.45, 2.75) is 37.3 Å². The molecule has 3 rings (SSSR count). The van der Waals surface area contributed by atoms with E-state index in [2.05, 4.69) is 20.0 Å². The van der Waals surface area contributed by atoms with Crippen molar-refractivity contribution in [3.8, 4) is 0 Å². The molecular formula is C23H31N5O5S. The number of ether oxygens (including phenoxy) is 1. The van der Waals surface area contributed by atoms with Crippen LogP contribution in [0.3, 0.4) is 0 Å². The number of benzene rings is 2. The number of carbonyl (C=O) groups excluding carboxylic acids is 1. The fourth-order valence-electron chi connectivity index (χ4n) is 3.55. The Hall–Kier alpha value is -2.99. The van der Waals surface area contributed by atoms with E-state index < -0.39 is 28.3 Å². The van der Waals surface area contributed by atoms with Gasteiger partial charge in [0.1, 0.15) is 0 Å². The summed E-state index contributed by atoms with van der Waals surface area (Å²) < 4.78 is 32.8. The second-order valence-electron chi connectivity index (χ2n) is 8.52. The van der Waals surface area contributed by atoms with Gasteiger partial charge in [0.15, 0.2) is 0 Å². The standard InChI is InChI=1S/C23H31N5O5S/c1-15(2)13-28(14-21(29)18(24)11-16-7-5-4-6-8-16)34(31,32)17-9-10-19-20(12-17)26-22(25-19)27-23(30)33-3/h4-10,12,15,18,21,29H,11,13-14,24H2,1-3H3,(H2,25,26,27,30). The number of fused-ring (bicyclic) bond motifs is 1. The first kappa shape index (κ1) is 25.6. The van der Waals surface area contributed by atoms with Crippen molar-refractivity contribution in [2.75, 3.05) is 25.5 Å². The molecule has 0 spiro atoms. The maximum atomic E-state index is 13.5. The van der Waals surface area contributed by atoms with Gasteiger partial charge in [0.2, 0.25) is 16.0 Å². The SMILES string of the molecule is COC(=O)Nc1nc2ccc(S(=O)(=O)N(CC(C)C)CC(O)C(N)Cc3ccccc3)cc2[nH]1. The van der Waals surface area contributed by atoms with Gasteiger partial charge in [-0.15, -0.1) is 0 Å². The van der Waals surface area contributed by atoms with Crippen LogP contribution in [0.1, 0.15) is 19.4 Å². The molecule has 11 heteroatoms. The maximum Gasteiger partial charge on any atom is 0.413 e. The lowest BCUT2D eigenvalue weighted by Crippen LogP contribution is -2.47. The summed E-state index contributed by atoms with van der Waals surface area (Å²) in [5.41, 5.74) is 8.08. The zero-order valence-corrected chi connectivity index (χ0v) is 20.2. The van der Waals surface area contributed by atoms with Crippen molar-refractivity contribution in [3.63, 3.8) is 0 Å². The van der Waals surface area contributed by atoms with Gasteiger partial charge in [0.25, 0.3) is 0 Å². The molecule has 0 radical (unpaired) electrons. The molecule has 0 saturated carbocycles. The van der Waals surface area contributed by atoms with E-state index in [1.165, 1.54) is 23.5 Å². The van der Waals surface area contributed by atoms with Crippen LogP contribution < -0.4 is 11.1 Å². The van der Waals surface area contributed by atoms with E-state index in [0.29, 0.717) is 17.5 Å². The van der Waals surface area contributed by atoms with Crippen molar-refractivity contribution < 1.29 is 23.1 Å². The molecule has 0 bridgehead atoms. The van der Waals surface area contributed by atoms with E-state index >= 15 is 0 Å². The van der Waals surface area contributed by atoms with Crippen LogP contribution in [-0.2, 0) is 21.2 Å². The summed E-state index contributed by atoms with van der Waals surface area (Å²) in [6.07, 6.45) is -1.33. The first-order valence-electron chi connectivity index (χ1n) is 10.9. The molecule has 0 fully saturated rings. The molecule has 2 atom stereocenters. The highest BCUT2D eigenvalue weighted by Gasteiger charge is 2.30. The normalized spacial score (nSPS) is 13.9. The average molecular weight is 490 g/mol. The van der Waals surface area contributed by atoms with Gasteiger partial charge in [0, 0.05) is 19.1 Å². The van der Waals surface area contributed by atoms with Gasteiger partial charge in [0.05, 0.1) is 29.1 Å². The number of nitrogens with one attached hydrogen (secondary N) is 2. The van der Waals surface area contributed by atoms with E-state index in [0.717, 1.165) is 5.56 Å². The first-order chi connectivity index (χ1) is 16.1. The Kier molecular flexibility index (Phi) is 8.26. The number of H-pyrrole nitrogens is 1. The smallest absolute Gasteiger partial charge is 0.413 e. The number of anilines is 1. The fourth-order valence-corrected chi connectivity index (χ4v) is 5.20. The molecule has 10 nitrogen and oxygen atoms in total. The average Bonchev–Trinajstić information content (AvgIpc) is 3.20. The second kappa shape index (κ2) is 11.0. The number of imidazole rings is 1. The zero-order valence-electron chi connectivity index (χ0n) is 19.4. The van der Waals surface area contributed by atoms with Gasteiger partial charge >= 0.3 is 6.09 Å². The number of amides is 1. The molecule has 0 aliphatic heterocycles. The Morgan fingerprint density at radius 3 is 2.56 bits per heavy atom. The van der Waals surface area contributed by atoms with Gasteiger partial charge in [-0.3, -0.25) is 5.32 Å². The van der Waals surface area contributed by atoms with E-state index in [4.69, 9.17) is 5.73 Å². The molecule has 1 heterocycles. The predicted octanol–water partition coefficient (Wildman–Crippen LogP) is 2.32. The van der Waals surface area contributed by atoms with Crippen molar-refractivity contribution in [1.29, 1.82) is 0 Å². The third kappa shape index (κ3) is 6.32. The third-order valence-corrected chi connectivity index (χ3v) is 7.09. The van der Waals surface area contributed by atoms with Crippen molar-refractivity contribution in [3.05, 3.63) is 54.1 Å². The van der Waals surface area contributed by atoms with Crippen LogP contribution >= 0.6 is 0 Å². The quantitative estimate of drug-likeness (QED) is 0.341. The molecule has 1 aromatic heterocycles. The van der Waals surface area contributed by atoms with Gasteiger partial charge in [-0.25, -0.2) is 18.2 Å². The number of aromatic amines is 1. The number of nitrogens with two attached hydrogens (primary N) is 1. The molecule has 5 N–H and O–H groups in total. The number of rotatable bonds is 10. The van der Waals surface area contributed by atoms with Crippen LogP contribution in [0, 0.1) is 5.92 Å². The highest BCUT2D eigenvalue weighted by molar-refractivity contribution is 7.89. The molecular weight excluding hydrogens is 458 g/mol. The number of aliphatic hydroxyl groups is 1. The van der Waals surface area contributed by atoms with Crippen LogP contribution in [-0.4, -0.2) is 66.2 Å². The lowest BCUT2D eigenvalue weighted by atomic mass is 10.0. The van der Waals surface area contributed by atoms with Gasteiger partial charge < -0.3 is 20.6 Å². The number of hydrogen-bond donors (Lipinski definition) is 4. The number of hydrogen-bond acceptors (Lipinski definition) is 7. The third-order valence-electron chi connectivity index (χ3n) is 5.26. The lowest BCUT2D eigenvalue weighted by Gasteiger charge is -2.28. The van der Waals surface area contributed by atoms with Crippen molar-refractivity contribution in [1.82, 2.24) is 14.3 Å². The molecule has 2 aromatic carbocycles. The highest BCUT2D eigenvalue weighted by Crippen LogP contribution is 2.23. The van der Waals surface area contributed by atoms with Crippen LogP contribution in [0.5, 0.6) is 0 Å². The molecule has 34 heavy (non-hydrogen) atoms. The van der Waals surface area contributed by atoms with E-state index in [1.54, 1.807) is 6.07 Å². The summed E-state index contributed by atoms with van der Waals surface area (Å²) in [5.74, 6) is 0.164. The number of aromatic nitrogens is 2. The fraction of sp³-hybridized carbons (Fsp3) is 0.391. The number of carbonyl (C=O) groups is 1. The summed E-state index contributed by atoms with van der Waals surface area (Å²) >= 11 is 0. The molecule has 3 aromatic rings. The minimum atomic E-state index is -3.95. The largest absolute Gasteiger partial charge is 0.453 e. The Balaban J connectivity index is 1.82. The van der Waals surface area contributed by atoms with Crippen LogP contribution in [0.25, 0.3) is 11.0 Å². The Morgan fingerprint density at radius 1 is 1.21 bits per heavy atom. The van der Waals surface area contributed by atoms with Crippen LogP contribution in [0.4, 0.5) is 10.7 Å². The summed E-state index contributed by atoms with van der Waals surface area (Å²) in [5, 5.41) is 13.2. The van der Waals surface area contributed by atoms with Gasteiger partial charge in [-0.1, -0.05) is 44.2 Å². The first-order valence-corrected chi connectivity index (χ1v) is 12.4. The lowest BCUT2D eigenvalue weighted by molar-refractivity contribution is 0.116. The number of methoxy groups -OCH3 is 1. The highest BCUT2D eigenvalue weighted by atomic mass is 32.2. The maximum absolute atomic E-state index is 13.5. The second-order valence-corrected chi connectivity index (χ2v) is 10.5. The monoisotopic (exact) mass is 489 g/mol. The minimum absolute atomic E-state index is 0.0269. The van der Waals surface area contributed by atoms with Crippen molar-refractivity contribution >= 4 is 33.1 Å². The topological polar surface area (TPSA) is 151 Å².